The Bertz CT molecular complexity index is 306. The van der Waals surface area contributed by atoms with Crippen molar-refractivity contribution in [3.63, 3.8) is 0 Å². The molecule has 3 nitrogen and oxygen atoms in total. The number of nitriles is 1. The summed E-state index contributed by atoms with van der Waals surface area (Å²) in [5.41, 5.74) is 2.92. The highest BCUT2D eigenvalue weighted by molar-refractivity contribution is 5.35. The summed E-state index contributed by atoms with van der Waals surface area (Å²) in [7, 11) is 0. The number of aromatic nitrogens is 2. The lowest BCUT2D eigenvalue weighted by molar-refractivity contribution is 0.674. The Morgan fingerprint density at radius 3 is 3.00 bits per heavy atom. The second-order valence-electron chi connectivity index (χ2n) is 2.85. The van der Waals surface area contributed by atoms with Gasteiger partial charge in [-0.2, -0.15) is 10.4 Å². The van der Waals surface area contributed by atoms with Crippen molar-refractivity contribution in [2.45, 2.75) is 25.7 Å². The zero-order valence-electron chi connectivity index (χ0n) is 6.22. The topological polar surface area (TPSA) is 52.5 Å². The van der Waals surface area contributed by atoms with E-state index in [1.807, 2.05) is 0 Å². The van der Waals surface area contributed by atoms with Crippen molar-refractivity contribution in [1.29, 1.82) is 5.26 Å². The molecule has 0 atom stereocenters. The Balaban J connectivity index is 2.48. The van der Waals surface area contributed by atoms with E-state index in [1.54, 1.807) is 0 Å². The van der Waals surface area contributed by atoms with Gasteiger partial charge in [-0.3, -0.25) is 5.10 Å². The quantitative estimate of drug-likeness (QED) is 0.598. The summed E-state index contributed by atoms with van der Waals surface area (Å²) in [6.07, 6.45) is 4.50. The lowest BCUT2D eigenvalue weighted by atomic mass is 9.96. The summed E-state index contributed by atoms with van der Waals surface area (Å²) < 4.78 is 0. The van der Waals surface area contributed by atoms with Crippen LogP contribution >= 0.6 is 0 Å². The minimum Gasteiger partial charge on any atom is -0.281 e. The van der Waals surface area contributed by atoms with E-state index in [1.165, 1.54) is 18.5 Å². The van der Waals surface area contributed by atoms with E-state index in [2.05, 4.69) is 16.3 Å². The van der Waals surface area contributed by atoms with Crippen molar-refractivity contribution in [3.05, 3.63) is 17.0 Å². The van der Waals surface area contributed by atoms with E-state index < -0.39 is 0 Å². The van der Waals surface area contributed by atoms with Gasteiger partial charge in [0.25, 0.3) is 0 Å². The molecule has 1 aromatic rings. The zero-order valence-corrected chi connectivity index (χ0v) is 6.22. The zero-order chi connectivity index (χ0) is 7.68. The fraction of sp³-hybridized carbons (Fsp3) is 0.500. The second kappa shape index (κ2) is 2.39. The maximum atomic E-state index is 8.65. The molecule has 0 amide bonds. The molecule has 56 valence electrons. The van der Waals surface area contributed by atoms with Crippen LogP contribution in [0.4, 0.5) is 0 Å². The third kappa shape index (κ3) is 0.911. The Hall–Kier alpha value is -1.30. The number of fused-ring (bicyclic) bond motifs is 1. The first-order valence-corrected chi connectivity index (χ1v) is 3.88. The van der Waals surface area contributed by atoms with Crippen LogP contribution in [0.15, 0.2) is 0 Å². The van der Waals surface area contributed by atoms with Gasteiger partial charge in [0.05, 0.1) is 0 Å². The third-order valence-electron chi connectivity index (χ3n) is 2.16. The average molecular weight is 147 g/mol. The Labute approximate surface area is 65.0 Å². The highest BCUT2D eigenvalue weighted by Gasteiger charge is 2.15. The number of nitrogens with zero attached hydrogens (tertiary/aromatic N) is 2. The van der Waals surface area contributed by atoms with Gasteiger partial charge in [-0.1, -0.05) is 0 Å². The number of aromatic amines is 1. The molecule has 0 spiro atoms. The second-order valence-corrected chi connectivity index (χ2v) is 2.85. The van der Waals surface area contributed by atoms with Gasteiger partial charge in [0.15, 0.2) is 5.69 Å². The molecule has 0 unspecified atom stereocenters. The molecule has 0 aliphatic heterocycles. The predicted molar refractivity (Wildman–Crippen MR) is 39.9 cm³/mol. The van der Waals surface area contributed by atoms with Gasteiger partial charge < -0.3 is 0 Å². The predicted octanol–water partition coefficient (Wildman–Crippen LogP) is 1.16. The smallest absolute Gasteiger partial charge is 0.165 e. The van der Waals surface area contributed by atoms with Gasteiger partial charge in [-0.25, -0.2) is 0 Å². The summed E-state index contributed by atoms with van der Waals surface area (Å²) >= 11 is 0. The van der Waals surface area contributed by atoms with Gasteiger partial charge in [-0.15, -0.1) is 0 Å². The molecule has 1 aromatic heterocycles. The molecule has 0 saturated carbocycles. The minimum absolute atomic E-state index is 0.597. The first kappa shape index (κ1) is 6.41. The standard InChI is InChI=1S/C8H9N3/c9-5-8-6-3-1-2-4-7(6)10-11-8/h1-4H2,(H,10,11). The van der Waals surface area contributed by atoms with Crippen LogP contribution in [0.1, 0.15) is 29.8 Å². The first-order chi connectivity index (χ1) is 5.42. The third-order valence-corrected chi connectivity index (χ3v) is 2.16. The summed E-state index contributed by atoms with van der Waals surface area (Å²) in [6.45, 7) is 0. The number of hydrogen-bond acceptors (Lipinski definition) is 2. The molecule has 1 heterocycles. The van der Waals surface area contributed by atoms with Crippen LogP contribution in [-0.2, 0) is 12.8 Å². The molecule has 0 aromatic carbocycles. The summed E-state index contributed by atoms with van der Waals surface area (Å²) in [5.74, 6) is 0. The van der Waals surface area contributed by atoms with E-state index in [9.17, 15) is 0 Å². The van der Waals surface area contributed by atoms with Crippen LogP contribution in [-0.4, -0.2) is 10.2 Å². The molecule has 1 N–H and O–H groups in total. The maximum Gasteiger partial charge on any atom is 0.165 e. The van der Waals surface area contributed by atoms with Crippen LogP contribution in [0.25, 0.3) is 0 Å². The Morgan fingerprint density at radius 1 is 1.36 bits per heavy atom. The van der Waals surface area contributed by atoms with Crippen molar-refractivity contribution in [2.24, 2.45) is 0 Å². The molecule has 1 aliphatic rings. The number of H-pyrrole nitrogens is 1. The summed E-state index contributed by atoms with van der Waals surface area (Å²) in [5, 5.41) is 15.5. The minimum atomic E-state index is 0.597. The first-order valence-electron chi connectivity index (χ1n) is 3.88. The lowest BCUT2D eigenvalue weighted by Gasteiger charge is -2.08. The van der Waals surface area contributed by atoms with Crippen molar-refractivity contribution < 1.29 is 0 Å². The van der Waals surface area contributed by atoms with Gasteiger partial charge in [0, 0.05) is 11.3 Å². The van der Waals surface area contributed by atoms with Crippen LogP contribution in [0.5, 0.6) is 0 Å². The molecule has 3 heteroatoms. The van der Waals surface area contributed by atoms with E-state index >= 15 is 0 Å². The van der Waals surface area contributed by atoms with Gasteiger partial charge in [0.2, 0.25) is 0 Å². The summed E-state index contributed by atoms with van der Waals surface area (Å²) in [4.78, 5) is 0. The highest BCUT2D eigenvalue weighted by Crippen LogP contribution is 2.20. The van der Waals surface area contributed by atoms with Crippen LogP contribution < -0.4 is 0 Å². The maximum absolute atomic E-state index is 8.65. The van der Waals surface area contributed by atoms with Gasteiger partial charge in [0.1, 0.15) is 6.07 Å². The molecule has 1 aliphatic carbocycles. The van der Waals surface area contributed by atoms with Crippen molar-refractivity contribution in [3.8, 4) is 6.07 Å². The Kier molecular flexibility index (Phi) is 1.39. The highest BCUT2D eigenvalue weighted by atomic mass is 15.1. The van der Waals surface area contributed by atoms with Crippen molar-refractivity contribution in [2.75, 3.05) is 0 Å². The molecular formula is C8H9N3. The van der Waals surface area contributed by atoms with Crippen LogP contribution in [0.3, 0.4) is 0 Å². The summed E-state index contributed by atoms with van der Waals surface area (Å²) in [6, 6.07) is 2.09. The van der Waals surface area contributed by atoms with E-state index in [-0.39, 0.29) is 0 Å². The molecule has 0 radical (unpaired) electrons. The average Bonchev–Trinajstić information content (AvgIpc) is 2.47. The van der Waals surface area contributed by atoms with Crippen molar-refractivity contribution in [1.82, 2.24) is 10.2 Å². The largest absolute Gasteiger partial charge is 0.281 e. The molecule has 0 bridgehead atoms. The molecule has 11 heavy (non-hydrogen) atoms. The van der Waals surface area contributed by atoms with Gasteiger partial charge in [-0.05, 0) is 25.7 Å². The number of aryl methyl sites for hydroxylation is 1. The monoisotopic (exact) mass is 147 g/mol. The van der Waals surface area contributed by atoms with Crippen molar-refractivity contribution >= 4 is 0 Å². The fourth-order valence-electron chi connectivity index (χ4n) is 1.57. The van der Waals surface area contributed by atoms with E-state index in [0.717, 1.165) is 18.4 Å². The van der Waals surface area contributed by atoms with Crippen LogP contribution in [0.2, 0.25) is 0 Å². The normalized spacial score (nSPS) is 15.5. The number of nitrogens with one attached hydrogen (secondary N) is 1. The molecule has 0 fully saturated rings. The van der Waals surface area contributed by atoms with Crippen LogP contribution in [0, 0.1) is 11.3 Å². The molecule has 0 saturated heterocycles. The molecule has 2 rings (SSSR count). The lowest BCUT2D eigenvalue weighted by Crippen LogP contribution is -2.01. The van der Waals surface area contributed by atoms with E-state index in [4.69, 9.17) is 5.26 Å². The van der Waals surface area contributed by atoms with Gasteiger partial charge >= 0.3 is 0 Å². The number of rotatable bonds is 0. The van der Waals surface area contributed by atoms with E-state index in [0.29, 0.717) is 5.69 Å². The Morgan fingerprint density at radius 2 is 2.18 bits per heavy atom. The SMILES string of the molecule is N#Cc1n[nH]c2c1CCCC2. The molecular weight excluding hydrogens is 138 g/mol. The number of hydrogen-bond donors (Lipinski definition) is 1. The fourth-order valence-corrected chi connectivity index (χ4v) is 1.57.